The normalized spacial score (nSPS) is 24.3. The number of likely N-dealkylation sites (tertiary alicyclic amines) is 1. The van der Waals surface area contributed by atoms with E-state index in [0.717, 1.165) is 30.2 Å². The maximum atomic E-state index is 6.36. The Bertz CT molecular complexity index is 832. The van der Waals surface area contributed by atoms with Crippen molar-refractivity contribution in [3.05, 3.63) is 47.5 Å². The summed E-state index contributed by atoms with van der Waals surface area (Å²) in [6.45, 7) is 4.56. The summed E-state index contributed by atoms with van der Waals surface area (Å²) in [7, 11) is 2.28. The minimum absolute atomic E-state index is 0. The van der Waals surface area contributed by atoms with Gasteiger partial charge in [0.2, 0.25) is 0 Å². The second-order valence-electron chi connectivity index (χ2n) is 8.03. The second kappa shape index (κ2) is 8.45. The number of likely N-dealkylation sites (N-methyl/N-ethyl adjacent to an activating group) is 1. The highest BCUT2D eigenvalue weighted by atomic mass is 35.5. The first-order chi connectivity index (χ1) is 13.2. The van der Waals surface area contributed by atoms with Gasteiger partial charge < -0.3 is 9.80 Å². The zero-order chi connectivity index (χ0) is 18.4. The van der Waals surface area contributed by atoms with Gasteiger partial charge >= 0.3 is 0 Å². The van der Waals surface area contributed by atoms with E-state index in [1.165, 1.54) is 53.5 Å². The van der Waals surface area contributed by atoms with Crippen LogP contribution in [0.4, 0.5) is 11.4 Å². The first-order valence-electron chi connectivity index (χ1n) is 9.97. The predicted molar refractivity (Wildman–Crippen MR) is 122 cm³/mol. The quantitative estimate of drug-likeness (QED) is 0.625. The van der Waals surface area contributed by atoms with Crippen molar-refractivity contribution in [2.75, 3.05) is 38.1 Å². The molecule has 3 aliphatic rings. The Kier molecular flexibility index (Phi) is 6.15. The molecule has 3 heterocycles. The zero-order valence-corrected chi connectivity index (χ0v) is 18.6. The fraction of sp³-hybridized carbons (Fsp3) is 0.455. The van der Waals surface area contributed by atoms with Crippen LogP contribution in [0.1, 0.15) is 19.3 Å². The molecule has 0 spiro atoms. The van der Waals surface area contributed by atoms with Crippen LogP contribution in [0.25, 0.3) is 0 Å². The van der Waals surface area contributed by atoms with Crippen LogP contribution in [0.15, 0.2) is 52.3 Å². The maximum Gasteiger partial charge on any atom is 0.0568 e. The van der Waals surface area contributed by atoms with Gasteiger partial charge in [0, 0.05) is 53.1 Å². The third-order valence-electron chi connectivity index (χ3n) is 6.23. The molecule has 0 aliphatic carbocycles. The average molecular weight is 436 g/mol. The Morgan fingerprint density at radius 3 is 2.46 bits per heavy atom. The van der Waals surface area contributed by atoms with Crippen molar-refractivity contribution in [1.82, 2.24) is 9.80 Å². The molecular formula is C22H27Cl2N3S. The van der Waals surface area contributed by atoms with Gasteiger partial charge in [-0.15, -0.1) is 12.4 Å². The summed E-state index contributed by atoms with van der Waals surface area (Å²) in [6.07, 6.45) is 4.08. The van der Waals surface area contributed by atoms with Gasteiger partial charge in [0.1, 0.15) is 0 Å². The molecule has 0 radical (unpaired) electrons. The third kappa shape index (κ3) is 3.78. The van der Waals surface area contributed by atoms with E-state index in [4.69, 9.17) is 11.6 Å². The summed E-state index contributed by atoms with van der Waals surface area (Å²) in [5.41, 5.74) is 2.57. The number of rotatable bonds is 3. The molecule has 0 saturated carbocycles. The summed E-state index contributed by atoms with van der Waals surface area (Å²) in [6, 6.07) is 16.5. The molecule has 2 aromatic carbocycles. The van der Waals surface area contributed by atoms with Gasteiger partial charge in [-0.1, -0.05) is 41.9 Å². The molecule has 0 N–H and O–H groups in total. The lowest BCUT2D eigenvalue weighted by atomic mass is 9.91. The van der Waals surface area contributed by atoms with Crippen LogP contribution >= 0.6 is 35.8 Å². The van der Waals surface area contributed by atoms with Gasteiger partial charge in [-0.3, -0.25) is 4.90 Å². The van der Waals surface area contributed by atoms with Crippen molar-refractivity contribution in [3.8, 4) is 0 Å². The maximum absolute atomic E-state index is 6.36. The standard InChI is InChI=1S/C22H26ClN3S.ClH/c1-24-14-17-5-4-6-18(15-24)25(17)11-12-26-19-7-2-3-8-21(19)27-22-10-9-16(23)13-20(22)26;/h2-3,7-10,13,17-18H,4-6,11-12,14-15H2,1H3;1H. The van der Waals surface area contributed by atoms with Crippen LogP contribution in [0.5, 0.6) is 0 Å². The molecular weight excluding hydrogens is 409 g/mol. The number of hydrogen-bond acceptors (Lipinski definition) is 4. The van der Waals surface area contributed by atoms with E-state index in [9.17, 15) is 0 Å². The van der Waals surface area contributed by atoms with E-state index in [1.54, 1.807) is 0 Å². The second-order valence-corrected chi connectivity index (χ2v) is 9.55. The fourth-order valence-electron chi connectivity index (χ4n) is 5.03. The Balaban J connectivity index is 0.00000192. The van der Waals surface area contributed by atoms with Crippen LogP contribution in [0, 0.1) is 0 Å². The van der Waals surface area contributed by atoms with E-state index >= 15 is 0 Å². The van der Waals surface area contributed by atoms with Crippen LogP contribution < -0.4 is 4.90 Å². The average Bonchev–Trinajstić information content (AvgIpc) is 2.65. The fourth-order valence-corrected chi connectivity index (χ4v) is 6.27. The van der Waals surface area contributed by atoms with Crippen molar-refractivity contribution >= 4 is 47.1 Å². The molecule has 3 aliphatic heterocycles. The minimum atomic E-state index is 0. The number of piperazine rings is 1. The minimum Gasteiger partial charge on any atom is -0.338 e. The number of nitrogens with zero attached hydrogens (tertiary/aromatic N) is 3. The number of anilines is 2. The molecule has 28 heavy (non-hydrogen) atoms. The number of para-hydroxylation sites is 1. The first kappa shape index (κ1) is 20.4. The molecule has 2 aromatic rings. The number of halogens is 2. The predicted octanol–water partition coefficient (Wildman–Crippen LogP) is 5.53. The molecule has 2 atom stereocenters. The van der Waals surface area contributed by atoms with Crippen LogP contribution in [0.3, 0.4) is 0 Å². The zero-order valence-electron chi connectivity index (χ0n) is 16.2. The molecule has 2 bridgehead atoms. The molecule has 0 aromatic heterocycles. The third-order valence-corrected chi connectivity index (χ3v) is 7.59. The summed E-state index contributed by atoms with van der Waals surface area (Å²) >= 11 is 8.21. The Labute approximate surface area is 183 Å². The lowest BCUT2D eigenvalue weighted by Gasteiger charge is -2.50. The topological polar surface area (TPSA) is 9.72 Å². The molecule has 150 valence electrons. The Hall–Kier alpha value is -0.910. The lowest BCUT2D eigenvalue weighted by molar-refractivity contribution is 0.00358. The molecule has 5 rings (SSSR count). The largest absolute Gasteiger partial charge is 0.338 e. The van der Waals surface area contributed by atoms with Crippen molar-refractivity contribution in [1.29, 1.82) is 0 Å². The highest BCUT2D eigenvalue weighted by molar-refractivity contribution is 7.99. The monoisotopic (exact) mass is 435 g/mol. The summed E-state index contributed by atoms with van der Waals surface area (Å²) in [5, 5.41) is 0.815. The number of hydrogen-bond donors (Lipinski definition) is 0. The number of fused-ring (bicyclic) bond motifs is 4. The molecule has 2 fully saturated rings. The summed E-state index contributed by atoms with van der Waals surface area (Å²) in [4.78, 5) is 10.4. The lowest BCUT2D eigenvalue weighted by Crippen LogP contribution is -2.60. The summed E-state index contributed by atoms with van der Waals surface area (Å²) in [5.74, 6) is 0. The van der Waals surface area contributed by atoms with E-state index in [0.29, 0.717) is 0 Å². The Morgan fingerprint density at radius 2 is 1.68 bits per heavy atom. The van der Waals surface area contributed by atoms with Gasteiger partial charge in [0.05, 0.1) is 11.4 Å². The van der Waals surface area contributed by atoms with Gasteiger partial charge in [0.25, 0.3) is 0 Å². The van der Waals surface area contributed by atoms with Gasteiger partial charge in [-0.05, 0) is 50.2 Å². The van der Waals surface area contributed by atoms with E-state index in [1.807, 2.05) is 17.8 Å². The number of benzene rings is 2. The van der Waals surface area contributed by atoms with Gasteiger partial charge in [-0.2, -0.15) is 0 Å². The van der Waals surface area contributed by atoms with Crippen LogP contribution in [-0.4, -0.2) is 55.1 Å². The summed E-state index contributed by atoms with van der Waals surface area (Å²) < 4.78 is 0. The van der Waals surface area contributed by atoms with Crippen molar-refractivity contribution in [2.24, 2.45) is 0 Å². The van der Waals surface area contributed by atoms with E-state index in [-0.39, 0.29) is 12.4 Å². The Morgan fingerprint density at radius 1 is 0.964 bits per heavy atom. The highest BCUT2D eigenvalue weighted by Gasteiger charge is 2.36. The smallest absolute Gasteiger partial charge is 0.0568 e. The molecule has 0 amide bonds. The van der Waals surface area contributed by atoms with E-state index in [2.05, 4.69) is 58.1 Å². The number of piperidine rings is 1. The van der Waals surface area contributed by atoms with Crippen LogP contribution in [0.2, 0.25) is 5.02 Å². The molecule has 3 nitrogen and oxygen atoms in total. The highest BCUT2D eigenvalue weighted by Crippen LogP contribution is 2.48. The van der Waals surface area contributed by atoms with Crippen molar-refractivity contribution in [2.45, 2.75) is 41.1 Å². The van der Waals surface area contributed by atoms with Crippen molar-refractivity contribution < 1.29 is 0 Å². The molecule has 6 heteroatoms. The van der Waals surface area contributed by atoms with Gasteiger partial charge in [0.15, 0.2) is 0 Å². The SMILES string of the molecule is CN1CC2CCCC(C1)N2CCN1c2ccccc2Sc2ccc(Cl)cc21.Cl. The van der Waals surface area contributed by atoms with E-state index < -0.39 is 0 Å². The van der Waals surface area contributed by atoms with Crippen molar-refractivity contribution in [3.63, 3.8) is 0 Å². The van der Waals surface area contributed by atoms with Crippen LogP contribution in [-0.2, 0) is 0 Å². The molecule has 2 unspecified atom stereocenters. The van der Waals surface area contributed by atoms with Gasteiger partial charge in [-0.25, -0.2) is 0 Å². The first-order valence-corrected chi connectivity index (χ1v) is 11.2. The molecule has 2 saturated heterocycles.